The highest BCUT2D eigenvalue weighted by Crippen LogP contribution is 2.25. The zero-order valence-electron chi connectivity index (χ0n) is 9.27. The van der Waals surface area contributed by atoms with Crippen LogP contribution in [0.4, 0.5) is 0 Å². The van der Waals surface area contributed by atoms with Gasteiger partial charge in [-0.25, -0.2) is 0 Å². The molecule has 0 saturated heterocycles. The molecular formula is C14H11ClOS. The van der Waals surface area contributed by atoms with E-state index in [0.29, 0.717) is 0 Å². The summed E-state index contributed by atoms with van der Waals surface area (Å²) in [4.78, 5) is 12.3. The highest BCUT2D eigenvalue weighted by molar-refractivity contribution is 7.24. The van der Waals surface area contributed by atoms with Crippen molar-refractivity contribution < 1.29 is 0 Å². The Hall–Kier alpha value is -1.38. The van der Waals surface area contributed by atoms with Crippen LogP contribution in [0.3, 0.4) is 0 Å². The SMILES string of the molecule is Cc1cccc2sc3ccccc3c(=O)c12.Cl. The van der Waals surface area contributed by atoms with E-state index < -0.39 is 0 Å². The molecule has 17 heavy (non-hydrogen) atoms. The lowest BCUT2D eigenvalue weighted by Crippen LogP contribution is -2.02. The molecule has 0 unspecified atom stereocenters. The van der Waals surface area contributed by atoms with Crippen molar-refractivity contribution in [2.45, 2.75) is 6.92 Å². The second-order valence-corrected chi connectivity index (χ2v) is 4.96. The lowest BCUT2D eigenvalue weighted by molar-refractivity contribution is 1.53. The molecule has 3 aromatic rings. The minimum atomic E-state index is 0. The van der Waals surface area contributed by atoms with E-state index in [2.05, 4.69) is 0 Å². The molecule has 1 nitrogen and oxygen atoms in total. The van der Waals surface area contributed by atoms with E-state index in [-0.39, 0.29) is 17.8 Å². The van der Waals surface area contributed by atoms with Crippen molar-refractivity contribution in [2.24, 2.45) is 0 Å². The number of hydrogen-bond donors (Lipinski definition) is 0. The van der Waals surface area contributed by atoms with Gasteiger partial charge in [0.15, 0.2) is 5.43 Å². The molecule has 0 aliphatic heterocycles. The molecule has 3 rings (SSSR count). The smallest absolute Gasteiger partial charge is 0.196 e. The molecule has 0 fully saturated rings. The minimum absolute atomic E-state index is 0. The number of fused-ring (bicyclic) bond motifs is 2. The first-order chi connectivity index (χ1) is 7.77. The first-order valence-electron chi connectivity index (χ1n) is 5.18. The third-order valence-electron chi connectivity index (χ3n) is 2.81. The summed E-state index contributed by atoms with van der Waals surface area (Å²) in [6, 6.07) is 13.8. The normalized spacial score (nSPS) is 10.4. The molecule has 0 radical (unpaired) electrons. The lowest BCUT2D eigenvalue weighted by Gasteiger charge is -2.02. The van der Waals surface area contributed by atoms with Gasteiger partial charge < -0.3 is 0 Å². The van der Waals surface area contributed by atoms with Crippen LogP contribution in [-0.2, 0) is 0 Å². The Bertz CT molecular complexity index is 746. The summed E-state index contributed by atoms with van der Waals surface area (Å²) in [6.45, 7) is 1.99. The van der Waals surface area contributed by atoms with E-state index in [0.717, 1.165) is 25.7 Å². The Balaban J connectivity index is 0.00000108. The second kappa shape index (κ2) is 4.47. The second-order valence-electron chi connectivity index (χ2n) is 3.88. The van der Waals surface area contributed by atoms with Crippen LogP contribution >= 0.6 is 23.7 Å². The largest absolute Gasteiger partial charge is 0.288 e. The predicted octanol–water partition coefficient (Wildman–Crippen LogP) is 4.14. The Labute approximate surface area is 109 Å². The predicted molar refractivity (Wildman–Crippen MR) is 77.6 cm³/mol. The standard InChI is InChI=1S/C14H10OS.ClH/c1-9-5-4-8-12-13(9)14(15)10-6-2-3-7-11(10)16-12;/h2-8H,1H3;1H. The molecular weight excluding hydrogens is 252 g/mol. The summed E-state index contributed by atoms with van der Waals surface area (Å²) in [5.41, 5.74) is 1.21. The van der Waals surface area contributed by atoms with E-state index in [1.165, 1.54) is 0 Å². The van der Waals surface area contributed by atoms with Gasteiger partial charge in [-0.15, -0.1) is 23.7 Å². The van der Waals surface area contributed by atoms with Crippen molar-refractivity contribution in [1.29, 1.82) is 0 Å². The third-order valence-corrected chi connectivity index (χ3v) is 3.95. The fourth-order valence-electron chi connectivity index (χ4n) is 2.01. The van der Waals surface area contributed by atoms with Crippen LogP contribution in [0.15, 0.2) is 47.3 Å². The van der Waals surface area contributed by atoms with E-state index in [1.54, 1.807) is 11.3 Å². The summed E-state index contributed by atoms with van der Waals surface area (Å²) >= 11 is 1.68. The van der Waals surface area contributed by atoms with Crippen molar-refractivity contribution in [3.8, 4) is 0 Å². The highest BCUT2D eigenvalue weighted by atomic mass is 35.5. The topological polar surface area (TPSA) is 17.1 Å². The van der Waals surface area contributed by atoms with Crippen LogP contribution in [0.25, 0.3) is 20.2 Å². The molecule has 0 amide bonds. The van der Waals surface area contributed by atoms with E-state index >= 15 is 0 Å². The molecule has 3 heteroatoms. The van der Waals surface area contributed by atoms with Gasteiger partial charge in [0, 0.05) is 20.2 Å². The monoisotopic (exact) mass is 262 g/mol. The highest BCUT2D eigenvalue weighted by Gasteiger charge is 2.06. The van der Waals surface area contributed by atoms with Crippen molar-refractivity contribution >= 4 is 43.9 Å². The molecule has 0 spiro atoms. The third kappa shape index (κ3) is 1.84. The fourth-order valence-corrected chi connectivity index (χ4v) is 3.17. The summed E-state index contributed by atoms with van der Waals surface area (Å²) in [5, 5.41) is 1.69. The lowest BCUT2D eigenvalue weighted by atomic mass is 10.1. The van der Waals surface area contributed by atoms with Gasteiger partial charge in [0.25, 0.3) is 0 Å². The molecule has 0 N–H and O–H groups in total. The van der Waals surface area contributed by atoms with Gasteiger partial charge in [-0.1, -0.05) is 24.3 Å². The Morgan fingerprint density at radius 2 is 1.65 bits per heavy atom. The van der Waals surface area contributed by atoms with Crippen LogP contribution < -0.4 is 5.43 Å². The van der Waals surface area contributed by atoms with E-state index in [4.69, 9.17) is 0 Å². The van der Waals surface area contributed by atoms with Crippen LogP contribution in [0.5, 0.6) is 0 Å². The van der Waals surface area contributed by atoms with Gasteiger partial charge in [0.05, 0.1) is 0 Å². The maximum Gasteiger partial charge on any atom is 0.196 e. The van der Waals surface area contributed by atoms with Crippen LogP contribution in [0.1, 0.15) is 5.56 Å². The maximum absolute atomic E-state index is 12.3. The van der Waals surface area contributed by atoms with Crippen LogP contribution in [0.2, 0.25) is 0 Å². The van der Waals surface area contributed by atoms with Gasteiger partial charge in [0.1, 0.15) is 0 Å². The first kappa shape index (κ1) is 12.1. The average Bonchev–Trinajstić information content (AvgIpc) is 2.29. The van der Waals surface area contributed by atoms with Crippen molar-refractivity contribution in [1.82, 2.24) is 0 Å². The number of rotatable bonds is 0. The zero-order chi connectivity index (χ0) is 11.1. The van der Waals surface area contributed by atoms with Gasteiger partial charge in [-0.3, -0.25) is 4.79 Å². The Morgan fingerprint density at radius 1 is 0.941 bits per heavy atom. The number of hydrogen-bond acceptors (Lipinski definition) is 2. The van der Waals surface area contributed by atoms with Crippen molar-refractivity contribution in [3.63, 3.8) is 0 Å². The summed E-state index contributed by atoms with van der Waals surface area (Å²) in [5.74, 6) is 0. The summed E-state index contributed by atoms with van der Waals surface area (Å²) < 4.78 is 2.13. The zero-order valence-corrected chi connectivity index (χ0v) is 10.9. The van der Waals surface area contributed by atoms with Gasteiger partial charge >= 0.3 is 0 Å². The quantitative estimate of drug-likeness (QED) is 0.557. The first-order valence-corrected chi connectivity index (χ1v) is 6.00. The van der Waals surface area contributed by atoms with Gasteiger partial charge in [-0.2, -0.15) is 0 Å². The Morgan fingerprint density at radius 3 is 2.47 bits per heavy atom. The Kier molecular flexibility index (Phi) is 3.18. The fraction of sp³-hybridized carbons (Fsp3) is 0.0714. The van der Waals surface area contributed by atoms with Crippen LogP contribution in [-0.4, -0.2) is 0 Å². The van der Waals surface area contributed by atoms with Crippen molar-refractivity contribution in [3.05, 3.63) is 58.3 Å². The van der Waals surface area contributed by atoms with Gasteiger partial charge in [0.2, 0.25) is 0 Å². The molecule has 1 aromatic heterocycles. The van der Waals surface area contributed by atoms with Crippen LogP contribution in [0, 0.1) is 6.92 Å². The molecule has 1 heterocycles. The number of halogens is 1. The molecule has 86 valence electrons. The molecule has 0 bridgehead atoms. The minimum Gasteiger partial charge on any atom is -0.288 e. The molecule has 2 aromatic carbocycles. The molecule has 0 atom stereocenters. The van der Waals surface area contributed by atoms with E-state index in [1.807, 2.05) is 49.4 Å². The van der Waals surface area contributed by atoms with Crippen molar-refractivity contribution in [2.75, 3.05) is 0 Å². The maximum atomic E-state index is 12.3. The number of benzene rings is 2. The summed E-state index contributed by atoms with van der Waals surface area (Å²) in [6.07, 6.45) is 0. The average molecular weight is 263 g/mol. The molecule has 0 aliphatic rings. The van der Waals surface area contributed by atoms with E-state index in [9.17, 15) is 4.79 Å². The summed E-state index contributed by atoms with van der Waals surface area (Å²) in [7, 11) is 0. The molecule has 0 saturated carbocycles. The number of aryl methyl sites for hydroxylation is 1. The molecule has 0 aliphatic carbocycles. The van der Waals surface area contributed by atoms with Gasteiger partial charge in [-0.05, 0) is 30.7 Å².